The number of pyridine rings is 1. The molecule has 2 N–H and O–H groups in total. The van der Waals surface area contributed by atoms with E-state index in [1.165, 1.54) is 6.20 Å². The number of halogens is 1. The predicted molar refractivity (Wildman–Crippen MR) is 147 cm³/mol. The molecule has 1 aromatic carbocycles. The lowest BCUT2D eigenvalue weighted by Crippen LogP contribution is -2.41. The molecule has 2 heterocycles. The molecule has 1 aliphatic rings. The molecule has 3 aromatic rings. The minimum Gasteiger partial charge on any atom is -0.444 e. The van der Waals surface area contributed by atoms with Crippen LogP contribution in [0.2, 0.25) is 5.02 Å². The largest absolute Gasteiger partial charge is 0.444 e. The van der Waals surface area contributed by atoms with Gasteiger partial charge >= 0.3 is 6.09 Å². The van der Waals surface area contributed by atoms with Gasteiger partial charge in [-0.2, -0.15) is 5.10 Å². The van der Waals surface area contributed by atoms with E-state index < -0.39 is 11.7 Å². The van der Waals surface area contributed by atoms with Crippen molar-refractivity contribution in [1.82, 2.24) is 20.1 Å². The summed E-state index contributed by atoms with van der Waals surface area (Å²) in [5.74, 6) is 6.28. The summed E-state index contributed by atoms with van der Waals surface area (Å²) in [4.78, 5) is 29.8. The molecule has 2 amide bonds. The van der Waals surface area contributed by atoms with Crippen LogP contribution in [-0.4, -0.2) is 38.4 Å². The molecule has 0 unspecified atom stereocenters. The van der Waals surface area contributed by atoms with Gasteiger partial charge in [0.25, 0.3) is 5.91 Å². The van der Waals surface area contributed by atoms with Crippen LogP contribution in [0.5, 0.6) is 0 Å². The average molecular weight is 534 g/mol. The van der Waals surface area contributed by atoms with E-state index in [4.69, 9.17) is 16.3 Å². The summed E-state index contributed by atoms with van der Waals surface area (Å²) in [6, 6.07) is 11.6. The van der Waals surface area contributed by atoms with Crippen molar-refractivity contribution in [2.45, 2.75) is 71.1 Å². The van der Waals surface area contributed by atoms with Gasteiger partial charge in [0, 0.05) is 23.4 Å². The van der Waals surface area contributed by atoms with Gasteiger partial charge in [0.05, 0.1) is 17.3 Å². The van der Waals surface area contributed by atoms with E-state index in [-0.39, 0.29) is 23.0 Å². The zero-order valence-corrected chi connectivity index (χ0v) is 22.8. The lowest BCUT2D eigenvalue weighted by molar-refractivity contribution is 0.0487. The van der Waals surface area contributed by atoms with Crippen LogP contribution < -0.4 is 10.6 Å². The fourth-order valence-electron chi connectivity index (χ4n) is 4.38. The highest BCUT2D eigenvalue weighted by molar-refractivity contribution is 6.34. The number of alkyl carbamates (subject to hydrolysis) is 1. The van der Waals surface area contributed by atoms with Gasteiger partial charge < -0.3 is 15.4 Å². The van der Waals surface area contributed by atoms with E-state index in [2.05, 4.69) is 32.6 Å². The van der Waals surface area contributed by atoms with Crippen molar-refractivity contribution < 1.29 is 14.3 Å². The summed E-state index contributed by atoms with van der Waals surface area (Å²) < 4.78 is 7.05. The smallest absolute Gasteiger partial charge is 0.407 e. The van der Waals surface area contributed by atoms with Crippen LogP contribution in [0.1, 0.15) is 79.7 Å². The monoisotopic (exact) mass is 533 g/mol. The molecule has 1 aliphatic carbocycles. The lowest BCUT2D eigenvalue weighted by Gasteiger charge is -2.30. The Hall–Kier alpha value is -3.83. The van der Waals surface area contributed by atoms with E-state index in [1.54, 1.807) is 10.9 Å². The van der Waals surface area contributed by atoms with Crippen LogP contribution in [-0.2, 0) is 4.74 Å². The first-order valence-electron chi connectivity index (χ1n) is 12.7. The van der Waals surface area contributed by atoms with Crippen LogP contribution >= 0.6 is 11.6 Å². The van der Waals surface area contributed by atoms with Crippen molar-refractivity contribution in [3.05, 3.63) is 76.2 Å². The van der Waals surface area contributed by atoms with E-state index in [0.29, 0.717) is 11.5 Å². The molecule has 0 saturated heterocycles. The van der Waals surface area contributed by atoms with Gasteiger partial charge in [-0.3, -0.25) is 9.48 Å². The second-order valence-electron chi connectivity index (χ2n) is 10.4. The molecule has 2 aromatic heterocycles. The Labute approximate surface area is 228 Å². The summed E-state index contributed by atoms with van der Waals surface area (Å²) in [7, 11) is 0. The maximum Gasteiger partial charge on any atom is 0.407 e. The summed E-state index contributed by atoms with van der Waals surface area (Å²) in [5, 5.41) is 10.5. The van der Waals surface area contributed by atoms with Crippen LogP contribution in [0.15, 0.2) is 48.8 Å². The first-order chi connectivity index (χ1) is 18.1. The summed E-state index contributed by atoms with van der Waals surface area (Å²) >= 11 is 6.39. The normalized spacial score (nSPS) is 17.2. The number of aryl methyl sites for hydroxylation is 1. The number of benzene rings is 1. The first-order valence-corrected chi connectivity index (χ1v) is 13.0. The molecule has 9 heteroatoms. The number of carbonyl (C=O) groups is 2. The number of rotatable bonds is 4. The topological polar surface area (TPSA) is 98.1 Å². The number of aromatic nitrogens is 3. The van der Waals surface area contributed by atoms with Gasteiger partial charge in [-0.15, -0.1) is 0 Å². The molecule has 0 spiro atoms. The van der Waals surface area contributed by atoms with Crippen molar-refractivity contribution in [3.63, 3.8) is 0 Å². The third kappa shape index (κ3) is 7.14. The molecular weight excluding hydrogens is 502 g/mol. The Morgan fingerprint density at radius 1 is 1.05 bits per heavy atom. The maximum absolute atomic E-state index is 13.3. The van der Waals surface area contributed by atoms with E-state index >= 15 is 0 Å². The molecule has 198 valence electrons. The van der Waals surface area contributed by atoms with Gasteiger partial charge in [-0.05, 0) is 77.1 Å². The van der Waals surface area contributed by atoms with Gasteiger partial charge in [-0.1, -0.05) is 41.6 Å². The average Bonchev–Trinajstić information content (AvgIpc) is 3.25. The molecule has 0 radical (unpaired) electrons. The SMILES string of the molecule is Cc1cc(C#Cc2ccccc2)cnc1NC(=O)c1c(Cl)cnn1[C@H]1CC[C@@H](NC(=O)OC(C)(C)C)CC1. The number of anilines is 1. The van der Waals surface area contributed by atoms with E-state index in [9.17, 15) is 9.59 Å². The quantitative estimate of drug-likeness (QED) is 0.407. The van der Waals surface area contributed by atoms with Crippen molar-refractivity contribution in [3.8, 4) is 11.8 Å². The Morgan fingerprint density at radius 3 is 2.39 bits per heavy atom. The van der Waals surface area contributed by atoms with Crippen molar-refractivity contribution in [1.29, 1.82) is 0 Å². The summed E-state index contributed by atoms with van der Waals surface area (Å²) in [5.41, 5.74) is 2.21. The Bertz CT molecular complexity index is 1360. The van der Waals surface area contributed by atoms with Crippen LogP contribution in [0, 0.1) is 18.8 Å². The van der Waals surface area contributed by atoms with Gasteiger partial charge in [0.15, 0.2) is 0 Å². The minimum atomic E-state index is -0.543. The highest BCUT2D eigenvalue weighted by atomic mass is 35.5. The van der Waals surface area contributed by atoms with Gasteiger partial charge in [-0.25, -0.2) is 9.78 Å². The zero-order valence-electron chi connectivity index (χ0n) is 22.0. The van der Waals surface area contributed by atoms with Crippen LogP contribution in [0.4, 0.5) is 10.6 Å². The van der Waals surface area contributed by atoms with Gasteiger partial charge in [0.2, 0.25) is 0 Å². The third-order valence-electron chi connectivity index (χ3n) is 6.16. The van der Waals surface area contributed by atoms with E-state index in [0.717, 1.165) is 42.4 Å². The standard InChI is InChI=1S/C29H32ClN5O3/c1-19-16-21(11-10-20-8-6-5-7-9-20)17-31-26(19)34-27(36)25-24(30)18-32-35(25)23-14-12-22(13-15-23)33-28(37)38-29(2,3)4/h5-9,16-18,22-23H,12-15H2,1-4H3,(H,33,37)(H,31,34,36)/t22-,23+. The second-order valence-corrected chi connectivity index (χ2v) is 10.8. The number of carbonyl (C=O) groups excluding carboxylic acids is 2. The number of amides is 2. The summed E-state index contributed by atoms with van der Waals surface area (Å²) in [6.45, 7) is 7.38. The first kappa shape index (κ1) is 27.2. The molecule has 0 bridgehead atoms. The van der Waals surface area contributed by atoms with Crippen molar-refractivity contribution in [2.75, 3.05) is 5.32 Å². The zero-order chi connectivity index (χ0) is 27.3. The highest BCUT2D eigenvalue weighted by Gasteiger charge is 2.29. The fraction of sp³-hybridized carbons (Fsp3) is 0.379. The van der Waals surface area contributed by atoms with Gasteiger partial charge in [0.1, 0.15) is 17.1 Å². The molecule has 0 aliphatic heterocycles. The number of nitrogens with zero attached hydrogens (tertiary/aromatic N) is 3. The predicted octanol–water partition coefficient (Wildman–Crippen LogP) is 5.90. The number of hydrogen-bond donors (Lipinski definition) is 2. The second kappa shape index (κ2) is 11.7. The van der Waals surface area contributed by atoms with Crippen LogP contribution in [0.3, 0.4) is 0 Å². The Morgan fingerprint density at radius 2 is 1.74 bits per heavy atom. The van der Waals surface area contributed by atoms with E-state index in [1.807, 2.05) is 64.1 Å². The molecule has 38 heavy (non-hydrogen) atoms. The lowest BCUT2D eigenvalue weighted by atomic mass is 9.91. The van der Waals surface area contributed by atoms with Crippen LogP contribution in [0.25, 0.3) is 0 Å². The Balaban J connectivity index is 1.40. The molecule has 4 rings (SSSR count). The van der Waals surface area contributed by atoms with Crippen molar-refractivity contribution >= 4 is 29.4 Å². The number of nitrogens with one attached hydrogen (secondary N) is 2. The molecule has 0 atom stereocenters. The molecular formula is C29H32ClN5O3. The Kier molecular flexibility index (Phi) is 8.38. The van der Waals surface area contributed by atoms with Crippen molar-refractivity contribution in [2.24, 2.45) is 0 Å². The summed E-state index contributed by atoms with van der Waals surface area (Å²) in [6.07, 6.45) is 5.68. The third-order valence-corrected chi connectivity index (χ3v) is 6.44. The highest BCUT2D eigenvalue weighted by Crippen LogP contribution is 2.31. The molecule has 1 saturated carbocycles. The molecule has 8 nitrogen and oxygen atoms in total. The fourth-order valence-corrected chi connectivity index (χ4v) is 4.59. The maximum atomic E-state index is 13.3. The minimum absolute atomic E-state index is 0.00960. The number of hydrogen-bond acceptors (Lipinski definition) is 5. The molecule has 1 fully saturated rings. The number of ether oxygens (including phenoxy) is 1.